The maximum atomic E-state index is 12.1. The molecule has 0 spiro atoms. The van der Waals surface area contributed by atoms with E-state index in [0.29, 0.717) is 19.4 Å². The molecule has 1 saturated heterocycles. The Bertz CT molecular complexity index is 443. The van der Waals surface area contributed by atoms with Crippen LogP contribution in [0.3, 0.4) is 0 Å². The van der Waals surface area contributed by atoms with Gasteiger partial charge in [0.2, 0.25) is 0 Å². The van der Waals surface area contributed by atoms with Crippen LogP contribution in [0, 0.1) is 12.3 Å². The van der Waals surface area contributed by atoms with Crippen molar-refractivity contribution in [2.24, 2.45) is 0 Å². The third kappa shape index (κ3) is 3.63. The average Bonchev–Trinajstić information content (AvgIpc) is 2.64. The predicted molar refractivity (Wildman–Crippen MR) is 73.8 cm³/mol. The number of carbonyl (C=O) groups excluding carboxylic acids is 3. The monoisotopic (exact) mass is 280 g/mol. The van der Waals surface area contributed by atoms with Gasteiger partial charge in [0, 0.05) is 13.1 Å². The van der Waals surface area contributed by atoms with Gasteiger partial charge in [-0.25, -0.2) is 9.59 Å². The number of nitrogens with zero attached hydrogens (tertiary/aromatic N) is 1. The Kier molecular flexibility index (Phi) is 5.38. The molecule has 0 saturated carbocycles. The molecule has 1 rings (SSSR count). The number of urea groups is 2. The van der Waals surface area contributed by atoms with Crippen molar-refractivity contribution < 1.29 is 14.4 Å². The number of rotatable bonds is 6. The molecule has 110 valence electrons. The summed E-state index contributed by atoms with van der Waals surface area (Å²) in [4.78, 5) is 36.1. The maximum absolute atomic E-state index is 12.1. The van der Waals surface area contributed by atoms with Gasteiger partial charge in [0.1, 0.15) is 5.54 Å². The second-order valence-corrected chi connectivity index (χ2v) is 4.74. The van der Waals surface area contributed by atoms with Gasteiger partial charge < -0.3 is 16.0 Å². The molecule has 5 amide bonds. The van der Waals surface area contributed by atoms with Crippen molar-refractivity contribution in [3.63, 3.8) is 0 Å². The molecule has 20 heavy (non-hydrogen) atoms. The SMILES string of the molecule is C#CCNC(=O)NCCCN1C(=O)N[C@](C)(CC)C1=O. The first-order chi connectivity index (χ1) is 9.44. The van der Waals surface area contributed by atoms with Crippen molar-refractivity contribution >= 4 is 18.0 Å². The Balaban J connectivity index is 2.33. The summed E-state index contributed by atoms with van der Waals surface area (Å²) < 4.78 is 0. The second kappa shape index (κ2) is 6.80. The Labute approximate surface area is 118 Å². The molecule has 7 heteroatoms. The van der Waals surface area contributed by atoms with Gasteiger partial charge >= 0.3 is 12.1 Å². The number of carbonyl (C=O) groups is 3. The average molecular weight is 280 g/mol. The van der Waals surface area contributed by atoms with Crippen molar-refractivity contribution in [3.8, 4) is 12.3 Å². The molecule has 0 bridgehead atoms. The first kappa shape index (κ1) is 15.8. The highest BCUT2D eigenvalue weighted by Crippen LogP contribution is 2.20. The number of hydrogen-bond acceptors (Lipinski definition) is 3. The lowest BCUT2D eigenvalue weighted by atomic mass is 9.99. The Morgan fingerprint density at radius 1 is 1.45 bits per heavy atom. The zero-order valence-electron chi connectivity index (χ0n) is 11.8. The molecule has 3 N–H and O–H groups in total. The Morgan fingerprint density at radius 3 is 2.70 bits per heavy atom. The predicted octanol–water partition coefficient (Wildman–Crippen LogP) is 0.0294. The summed E-state index contributed by atoms with van der Waals surface area (Å²) in [7, 11) is 0. The molecule has 1 fully saturated rings. The van der Waals surface area contributed by atoms with Gasteiger partial charge in [-0.3, -0.25) is 9.69 Å². The first-order valence-corrected chi connectivity index (χ1v) is 6.54. The number of amides is 5. The number of nitrogens with one attached hydrogen (secondary N) is 3. The summed E-state index contributed by atoms with van der Waals surface area (Å²) in [6.45, 7) is 4.34. The molecule has 0 aromatic carbocycles. The van der Waals surface area contributed by atoms with Crippen molar-refractivity contribution in [3.05, 3.63) is 0 Å². The quantitative estimate of drug-likeness (QED) is 0.364. The molecular formula is C13H20N4O3. The summed E-state index contributed by atoms with van der Waals surface area (Å²) in [6.07, 6.45) is 6.03. The lowest BCUT2D eigenvalue weighted by Crippen LogP contribution is -2.43. The van der Waals surface area contributed by atoms with E-state index in [-0.39, 0.29) is 31.1 Å². The van der Waals surface area contributed by atoms with Crippen LogP contribution in [0.2, 0.25) is 0 Å². The fourth-order valence-corrected chi connectivity index (χ4v) is 1.82. The van der Waals surface area contributed by atoms with E-state index in [1.165, 1.54) is 4.90 Å². The second-order valence-electron chi connectivity index (χ2n) is 4.74. The van der Waals surface area contributed by atoms with Crippen molar-refractivity contribution in [1.82, 2.24) is 20.9 Å². The molecule has 0 radical (unpaired) electrons. The van der Waals surface area contributed by atoms with E-state index < -0.39 is 5.54 Å². The third-order valence-corrected chi connectivity index (χ3v) is 3.25. The highest BCUT2D eigenvalue weighted by Gasteiger charge is 2.45. The normalized spacial score (nSPS) is 21.4. The summed E-state index contributed by atoms with van der Waals surface area (Å²) in [5.41, 5.74) is -0.811. The fraction of sp³-hybridized carbons (Fsp3) is 0.615. The molecule has 1 aliphatic rings. The lowest BCUT2D eigenvalue weighted by Gasteiger charge is -2.19. The van der Waals surface area contributed by atoms with Gasteiger partial charge in [0.25, 0.3) is 5.91 Å². The van der Waals surface area contributed by atoms with E-state index in [9.17, 15) is 14.4 Å². The highest BCUT2D eigenvalue weighted by atomic mass is 16.2. The standard InChI is InChI=1S/C13H20N4O3/c1-4-7-14-11(19)15-8-6-9-17-10(18)13(3,5-2)16-12(17)20/h1H,5-9H2,2-3H3,(H,16,20)(H2,14,15,19)/t13-/m1/s1. The van der Waals surface area contributed by atoms with Crippen LogP contribution in [0.1, 0.15) is 26.7 Å². The van der Waals surface area contributed by atoms with Crippen LogP contribution in [0.4, 0.5) is 9.59 Å². The van der Waals surface area contributed by atoms with Crippen LogP contribution in [0.15, 0.2) is 0 Å². The number of imide groups is 1. The highest BCUT2D eigenvalue weighted by molar-refractivity contribution is 6.06. The van der Waals surface area contributed by atoms with E-state index in [1.54, 1.807) is 6.92 Å². The van der Waals surface area contributed by atoms with E-state index >= 15 is 0 Å². The lowest BCUT2D eigenvalue weighted by molar-refractivity contribution is -0.130. The molecule has 7 nitrogen and oxygen atoms in total. The third-order valence-electron chi connectivity index (χ3n) is 3.25. The molecule has 1 heterocycles. The van der Waals surface area contributed by atoms with E-state index in [0.717, 1.165) is 0 Å². The fourth-order valence-electron chi connectivity index (χ4n) is 1.82. The van der Waals surface area contributed by atoms with Crippen molar-refractivity contribution in [1.29, 1.82) is 0 Å². The molecule has 0 aromatic heterocycles. The van der Waals surface area contributed by atoms with E-state index in [1.807, 2.05) is 6.92 Å². The maximum Gasteiger partial charge on any atom is 0.325 e. The smallest absolute Gasteiger partial charge is 0.325 e. The molecule has 0 aromatic rings. The topological polar surface area (TPSA) is 90.5 Å². The largest absolute Gasteiger partial charge is 0.338 e. The van der Waals surface area contributed by atoms with Crippen LogP contribution in [-0.4, -0.2) is 48.0 Å². The minimum Gasteiger partial charge on any atom is -0.338 e. The number of hydrogen-bond donors (Lipinski definition) is 3. The van der Waals surface area contributed by atoms with Gasteiger partial charge in [0.05, 0.1) is 6.54 Å². The summed E-state index contributed by atoms with van der Waals surface area (Å²) in [6, 6.07) is -0.741. The van der Waals surface area contributed by atoms with Crippen molar-refractivity contribution in [2.75, 3.05) is 19.6 Å². The molecule has 0 unspecified atom stereocenters. The van der Waals surface area contributed by atoms with Gasteiger partial charge in [-0.05, 0) is 19.8 Å². The summed E-state index contributed by atoms with van der Waals surface area (Å²) in [5, 5.41) is 7.72. The van der Waals surface area contributed by atoms with E-state index in [2.05, 4.69) is 21.9 Å². The molecule has 1 atom stereocenters. The van der Waals surface area contributed by atoms with Crippen LogP contribution in [0.5, 0.6) is 0 Å². The Morgan fingerprint density at radius 2 is 2.15 bits per heavy atom. The van der Waals surface area contributed by atoms with Gasteiger partial charge in [-0.1, -0.05) is 12.8 Å². The van der Waals surface area contributed by atoms with Crippen LogP contribution in [-0.2, 0) is 4.79 Å². The van der Waals surface area contributed by atoms with E-state index in [4.69, 9.17) is 6.42 Å². The van der Waals surface area contributed by atoms with Gasteiger partial charge in [0.15, 0.2) is 0 Å². The Hall–Kier alpha value is -2.23. The van der Waals surface area contributed by atoms with Crippen LogP contribution in [0.25, 0.3) is 0 Å². The minimum absolute atomic E-state index is 0.160. The minimum atomic E-state index is -0.811. The van der Waals surface area contributed by atoms with Crippen LogP contribution < -0.4 is 16.0 Å². The zero-order valence-corrected chi connectivity index (χ0v) is 11.8. The van der Waals surface area contributed by atoms with Gasteiger partial charge in [-0.15, -0.1) is 6.42 Å². The molecular weight excluding hydrogens is 260 g/mol. The zero-order chi connectivity index (χ0) is 15.2. The molecule has 1 aliphatic heterocycles. The van der Waals surface area contributed by atoms with Crippen molar-refractivity contribution in [2.45, 2.75) is 32.2 Å². The summed E-state index contributed by atoms with van der Waals surface area (Å²) in [5.74, 6) is 2.06. The molecule has 0 aliphatic carbocycles. The number of terminal acetylenes is 1. The van der Waals surface area contributed by atoms with Gasteiger partial charge in [-0.2, -0.15) is 0 Å². The van der Waals surface area contributed by atoms with Crippen LogP contribution >= 0.6 is 0 Å². The summed E-state index contributed by atoms with van der Waals surface area (Å²) >= 11 is 0. The first-order valence-electron chi connectivity index (χ1n) is 6.54.